The van der Waals surface area contributed by atoms with Crippen LogP contribution in [0.4, 0.5) is 0 Å². The largest absolute Gasteiger partial charge is 0.480 e. The first kappa shape index (κ1) is 29.0. The van der Waals surface area contributed by atoms with E-state index in [4.69, 9.17) is 23.2 Å². The Balaban J connectivity index is 1.53. The normalized spacial score (nSPS) is 18.6. The maximum absolute atomic E-state index is 13.5. The van der Waals surface area contributed by atoms with E-state index in [1.807, 2.05) is 36.4 Å². The van der Waals surface area contributed by atoms with Crippen molar-refractivity contribution in [1.82, 2.24) is 9.62 Å². The number of carbonyl (C=O) groups is 2. The summed E-state index contributed by atoms with van der Waals surface area (Å²) < 4.78 is 28.0. The summed E-state index contributed by atoms with van der Waals surface area (Å²) in [5.41, 5.74) is 1.66. The van der Waals surface area contributed by atoms with Gasteiger partial charge in [-0.15, -0.1) is 0 Å². The van der Waals surface area contributed by atoms with Crippen molar-refractivity contribution in [2.45, 2.75) is 49.3 Å². The van der Waals surface area contributed by atoms with E-state index in [9.17, 15) is 28.2 Å². The number of carbonyl (C=O) groups excluding carboxylic acids is 1. The molecule has 1 fully saturated rings. The van der Waals surface area contributed by atoms with E-state index in [0.717, 1.165) is 21.0 Å². The SMILES string of the molecule is C[C@@]1(C(=O)NC(Cc2ccc(-c3ccccc3CO)cc2)C(=O)O)CCCN1S(=O)(=O)c1cc(Cl)cc(Cl)c1. The number of nitrogens with zero attached hydrogens (tertiary/aromatic N) is 1. The standard InChI is InChI=1S/C28H28Cl2N2O6S/c1-28(11-4-12-32(28)39(37,38)23-15-21(29)14-22(30)16-23)27(36)31-25(26(34)35)13-18-7-9-19(10-8-18)24-6-3-2-5-20(24)17-33/h2-3,5-10,14-16,25,33H,4,11-13,17H2,1H3,(H,31,36)(H,34,35)/t25?,28-/m0/s1. The average Bonchev–Trinajstić information content (AvgIpc) is 3.31. The summed E-state index contributed by atoms with van der Waals surface area (Å²) in [7, 11) is -4.15. The maximum Gasteiger partial charge on any atom is 0.326 e. The van der Waals surface area contributed by atoms with E-state index in [1.165, 1.54) is 25.1 Å². The zero-order valence-corrected chi connectivity index (χ0v) is 23.4. The first-order valence-electron chi connectivity index (χ1n) is 12.3. The van der Waals surface area contributed by atoms with Crippen molar-refractivity contribution in [1.29, 1.82) is 0 Å². The lowest BCUT2D eigenvalue weighted by Gasteiger charge is -2.34. The fourth-order valence-corrected chi connectivity index (χ4v) is 7.40. The van der Waals surface area contributed by atoms with Crippen molar-refractivity contribution in [2.75, 3.05) is 6.54 Å². The van der Waals surface area contributed by atoms with Crippen molar-refractivity contribution in [3.05, 3.63) is 87.9 Å². The molecular formula is C28H28Cl2N2O6S. The number of rotatable bonds is 9. The molecule has 0 aliphatic carbocycles. The summed E-state index contributed by atoms with van der Waals surface area (Å²) in [6, 6.07) is 17.3. The lowest BCUT2D eigenvalue weighted by atomic mass is 9.96. The van der Waals surface area contributed by atoms with Gasteiger partial charge in [-0.3, -0.25) is 4.79 Å². The molecule has 1 amide bonds. The second kappa shape index (κ2) is 11.7. The molecule has 11 heteroatoms. The van der Waals surface area contributed by atoms with Crippen LogP contribution in [-0.4, -0.2) is 52.9 Å². The van der Waals surface area contributed by atoms with Gasteiger partial charge < -0.3 is 15.5 Å². The molecule has 0 spiro atoms. The van der Waals surface area contributed by atoms with E-state index in [-0.39, 0.29) is 40.9 Å². The molecule has 1 aliphatic rings. The molecule has 206 valence electrons. The number of hydrogen-bond acceptors (Lipinski definition) is 5. The summed E-state index contributed by atoms with van der Waals surface area (Å²) in [4.78, 5) is 25.4. The summed E-state index contributed by atoms with van der Waals surface area (Å²) in [6.07, 6.45) is 0.638. The number of aliphatic carboxylic acids is 1. The van der Waals surface area contributed by atoms with Gasteiger partial charge in [-0.2, -0.15) is 4.31 Å². The summed E-state index contributed by atoms with van der Waals surface area (Å²) >= 11 is 12.0. The summed E-state index contributed by atoms with van der Waals surface area (Å²) in [6.45, 7) is 1.47. The van der Waals surface area contributed by atoms with Crippen LogP contribution in [0.5, 0.6) is 0 Å². The molecule has 3 aromatic rings. The topological polar surface area (TPSA) is 124 Å². The minimum absolute atomic E-state index is 0.00423. The van der Waals surface area contributed by atoms with Crippen LogP contribution in [0.1, 0.15) is 30.9 Å². The quantitative estimate of drug-likeness (QED) is 0.337. The predicted molar refractivity (Wildman–Crippen MR) is 149 cm³/mol. The molecule has 8 nitrogen and oxygen atoms in total. The van der Waals surface area contributed by atoms with Crippen molar-refractivity contribution in [2.24, 2.45) is 0 Å². The van der Waals surface area contributed by atoms with Crippen LogP contribution in [0.2, 0.25) is 10.0 Å². The second-order valence-electron chi connectivity index (χ2n) is 9.64. The predicted octanol–water partition coefficient (Wildman–Crippen LogP) is 4.51. The number of sulfonamides is 1. The molecule has 3 N–H and O–H groups in total. The van der Waals surface area contributed by atoms with Gasteiger partial charge in [0.2, 0.25) is 15.9 Å². The molecule has 1 heterocycles. The Morgan fingerprint density at radius 3 is 2.31 bits per heavy atom. The van der Waals surface area contributed by atoms with Crippen LogP contribution >= 0.6 is 23.2 Å². The van der Waals surface area contributed by atoms with E-state index in [2.05, 4.69) is 5.32 Å². The highest BCUT2D eigenvalue weighted by atomic mass is 35.5. The highest BCUT2D eigenvalue weighted by Crippen LogP contribution is 2.36. The van der Waals surface area contributed by atoms with Crippen LogP contribution in [0.3, 0.4) is 0 Å². The molecule has 2 atom stereocenters. The summed E-state index contributed by atoms with van der Waals surface area (Å²) in [5.74, 6) is -1.94. The Bertz CT molecular complexity index is 1480. The fraction of sp³-hybridized carbons (Fsp3) is 0.286. The molecule has 0 aromatic heterocycles. The van der Waals surface area contributed by atoms with Crippen molar-refractivity contribution >= 4 is 45.1 Å². The van der Waals surface area contributed by atoms with E-state index < -0.39 is 33.5 Å². The van der Waals surface area contributed by atoms with E-state index >= 15 is 0 Å². The number of carboxylic acids is 1. The van der Waals surface area contributed by atoms with Crippen molar-refractivity contribution < 1.29 is 28.2 Å². The summed E-state index contributed by atoms with van der Waals surface area (Å²) in [5, 5.41) is 22.3. The number of halogens is 2. The number of nitrogens with one attached hydrogen (secondary N) is 1. The zero-order valence-electron chi connectivity index (χ0n) is 21.1. The van der Waals surface area contributed by atoms with Gasteiger partial charge in [0.05, 0.1) is 11.5 Å². The first-order chi connectivity index (χ1) is 18.5. The highest BCUT2D eigenvalue weighted by molar-refractivity contribution is 7.89. The second-order valence-corrected chi connectivity index (χ2v) is 12.4. The zero-order chi connectivity index (χ0) is 28.4. The number of carboxylic acid groups (broad SMARTS) is 1. The molecule has 3 aromatic carbocycles. The Labute approximate surface area is 237 Å². The number of benzene rings is 3. The van der Waals surface area contributed by atoms with Crippen LogP contribution in [0.25, 0.3) is 11.1 Å². The van der Waals surface area contributed by atoms with Gasteiger partial charge in [-0.05, 0) is 60.2 Å². The number of aliphatic hydroxyl groups excluding tert-OH is 1. The Hall–Kier alpha value is -2.95. The third kappa shape index (κ3) is 6.13. The van der Waals surface area contributed by atoms with Crippen LogP contribution < -0.4 is 5.32 Å². The molecule has 1 saturated heterocycles. The van der Waals surface area contributed by atoms with Gasteiger partial charge in [0.25, 0.3) is 0 Å². The monoisotopic (exact) mass is 590 g/mol. The van der Waals surface area contributed by atoms with Gasteiger partial charge in [0.1, 0.15) is 11.6 Å². The smallest absolute Gasteiger partial charge is 0.326 e. The van der Waals surface area contributed by atoms with Gasteiger partial charge in [-0.25, -0.2) is 13.2 Å². The Morgan fingerprint density at radius 2 is 1.69 bits per heavy atom. The maximum atomic E-state index is 13.5. The third-order valence-electron chi connectivity index (χ3n) is 6.98. The Morgan fingerprint density at radius 1 is 1.05 bits per heavy atom. The molecule has 0 saturated carbocycles. The highest BCUT2D eigenvalue weighted by Gasteiger charge is 2.50. The van der Waals surface area contributed by atoms with E-state index in [1.54, 1.807) is 12.1 Å². The number of amides is 1. The van der Waals surface area contributed by atoms with Crippen LogP contribution in [0.15, 0.2) is 71.6 Å². The third-order valence-corrected chi connectivity index (χ3v) is 9.42. The minimum Gasteiger partial charge on any atom is -0.480 e. The minimum atomic E-state index is -4.15. The van der Waals surface area contributed by atoms with Crippen LogP contribution in [-0.2, 0) is 32.6 Å². The number of aliphatic hydroxyl groups is 1. The van der Waals surface area contributed by atoms with Gasteiger partial charge in [0, 0.05) is 23.0 Å². The molecule has 1 unspecified atom stereocenters. The fourth-order valence-electron chi connectivity index (χ4n) is 4.86. The van der Waals surface area contributed by atoms with Crippen molar-refractivity contribution in [3.63, 3.8) is 0 Å². The van der Waals surface area contributed by atoms with E-state index in [0.29, 0.717) is 12.0 Å². The lowest BCUT2D eigenvalue weighted by Crippen LogP contribution is -2.58. The molecule has 39 heavy (non-hydrogen) atoms. The lowest BCUT2D eigenvalue weighted by molar-refractivity contribution is -0.143. The van der Waals surface area contributed by atoms with Crippen LogP contribution in [0, 0.1) is 0 Å². The molecular weight excluding hydrogens is 563 g/mol. The van der Waals surface area contributed by atoms with Gasteiger partial charge >= 0.3 is 5.97 Å². The first-order valence-corrected chi connectivity index (χ1v) is 14.5. The van der Waals surface area contributed by atoms with Crippen molar-refractivity contribution in [3.8, 4) is 11.1 Å². The molecule has 1 aliphatic heterocycles. The Kier molecular flexibility index (Phi) is 8.68. The molecule has 4 rings (SSSR count). The van der Waals surface area contributed by atoms with Gasteiger partial charge in [-0.1, -0.05) is 71.7 Å². The van der Waals surface area contributed by atoms with Gasteiger partial charge in [0.15, 0.2) is 0 Å². The average molecular weight is 592 g/mol. The number of hydrogen-bond donors (Lipinski definition) is 3. The molecule has 0 radical (unpaired) electrons. The molecule has 0 bridgehead atoms.